The van der Waals surface area contributed by atoms with E-state index in [2.05, 4.69) is 13.0 Å². The first-order valence-corrected chi connectivity index (χ1v) is 12.3. The molecule has 5 heteroatoms. The van der Waals surface area contributed by atoms with Crippen LogP contribution in [-0.4, -0.2) is 32.8 Å². The Labute approximate surface area is 191 Å². The van der Waals surface area contributed by atoms with Crippen molar-refractivity contribution in [2.45, 2.75) is 88.2 Å². The molecule has 4 nitrogen and oxygen atoms in total. The zero-order chi connectivity index (χ0) is 22.4. The molecule has 0 aliphatic heterocycles. The van der Waals surface area contributed by atoms with Gasteiger partial charge >= 0.3 is 5.97 Å². The Morgan fingerprint density at radius 3 is 2.55 bits per heavy atom. The van der Waals surface area contributed by atoms with Gasteiger partial charge in [-0.3, -0.25) is 4.79 Å². The molecular weight excluding hydrogens is 412 g/mol. The van der Waals surface area contributed by atoms with Gasteiger partial charge in [0.15, 0.2) is 0 Å². The van der Waals surface area contributed by atoms with E-state index in [9.17, 15) is 15.0 Å². The second-order valence-corrected chi connectivity index (χ2v) is 10.1. The normalized spacial score (nSPS) is 31.6. The number of carbonyl (C=O) groups is 1. The first kappa shape index (κ1) is 24.3. The van der Waals surface area contributed by atoms with Gasteiger partial charge < -0.3 is 15.3 Å². The summed E-state index contributed by atoms with van der Waals surface area (Å²) in [4.78, 5) is 10.6. The van der Waals surface area contributed by atoms with Crippen LogP contribution in [0, 0.1) is 17.8 Å². The molecule has 2 aliphatic carbocycles. The van der Waals surface area contributed by atoms with Crippen molar-refractivity contribution in [1.82, 2.24) is 0 Å². The predicted octanol–water partition coefficient (Wildman–Crippen LogP) is 5.82. The summed E-state index contributed by atoms with van der Waals surface area (Å²) in [7, 11) is 0. The lowest BCUT2D eigenvalue weighted by Gasteiger charge is -2.38. The van der Waals surface area contributed by atoms with Gasteiger partial charge in [-0.1, -0.05) is 56.2 Å². The van der Waals surface area contributed by atoms with E-state index in [1.807, 2.05) is 30.3 Å². The number of alkyl halides is 1. The topological polar surface area (TPSA) is 77.8 Å². The number of aliphatic hydroxyl groups excluding tert-OH is 2. The predicted molar refractivity (Wildman–Crippen MR) is 124 cm³/mol. The Morgan fingerprint density at radius 2 is 1.90 bits per heavy atom. The number of hydrogen-bond acceptors (Lipinski definition) is 3. The minimum Gasteiger partial charge on any atom is -0.481 e. The number of aliphatic hydroxyl groups is 2. The third kappa shape index (κ3) is 6.34. The molecule has 2 fully saturated rings. The molecule has 1 aromatic rings. The Kier molecular flexibility index (Phi) is 9.00. The van der Waals surface area contributed by atoms with E-state index in [0.29, 0.717) is 18.8 Å². The van der Waals surface area contributed by atoms with Gasteiger partial charge in [-0.25, -0.2) is 0 Å². The van der Waals surface area contributed by atoms with Gasteiger partial charge in [-0.15, -0.1) is 11.6 Å². The summed E-state index contributed by atoms with van der Waals surface area (Å²) in [6.45, 7) is 2.22. The van der Waals surface area contributed by atoms with Crippen LogP contribution in [0.25, 0.3) is 0 Å². The highest BCUT2D eigenvalue weighted by Crippen LogP contribution is 2.46. The van der Waals surface area contributed by atoms with Gasteiger partial charge in [0.25, 0.3) is 0 Å². The van der Waals surface area contributed by atoms with Gasteiger partial charge in [0.2, 0.25) is 0 Å². The maximum Gasteiger partial charge on any atom is 0.303 e. The summed E-state index contributed by atoms with van der Waals surface area (Å²) >= 11 is 6.58. The van der Waals surface area contributed by atoms with Gasteiger partial charge in [0.05, 0.1) is 12.2 Å². The highest BCUT2D eigenvalue weighted by atomic mass is 35.5. The van der Waals surface area contributed by atoms with Gasteiger partial charge in [-0.05, 0) is 67.4 Å². The molecule has 2 saturated carbocycles. The number of aliphatic carboxylic acids is 1. The van der Waals surface area contributed by atoms with Gasteiger partial charge in [0, 0.05) is 17.7 Å². The van der Waals surface area contributed by atoms with Crippen LogP contribution in [0.5, 0.6) is 0 Å². The van der Waals surface area contributed by atoms with E-state index >= 15 is 0 Å². The Hall–Kier alpha value is -1.36. The molecule has 1 aromatic carbocycles. The van der Waals surface area contributed by atoms with Gasteiger partial charge in [0.1, 0.15) is 0 Å². The average molecular weight is 449 g/mol. The zero-order valence-electron chi connectivity index (χ0n) is 18.5. The minimum atomic E-state index is -0.764. The fourth-order valence-corrected chi connectivity index (χ4v) is 5.89. The molecule has 31 heavy (non-hydrogen) atoms. The molecule has 5 atom stereocenters. The van der Waals surface area contributed by atoms with Crippen LogP contribution < -0.4 is 0 Å². The van der Waals surface area contributed by atoms with Crippen LogP contribution in [0.1, 0.15) is 87.9 Å². The maximum atomic E-state index is 10.7. The maximum absolute atomic E-state index is 10.7. The number of benzene rings is 1. The fourth-order valence-electron chi connectivity index (χ4n) is 5.44. The molecule has 0 amide bonds. The van der Waals surface area contributed by atoms with E-state index < -0.39 is 18.2 Å². The van der Waals surface area contributed by atoms with E-state index in [4.69, 9.17) is 16.7 Å². The van der Waals surface area contributed by atoms with E-state index in [1.54, 1.807) is 0 Å². The summed E-state index contributed by atoms with van der Waals surface area (Å²) in [6, 6.07) is 8.13. The lowest BCUT2D eigenvalue weighted by molar-refractivity contribution is -0.137. The molecule has 0 saturated heterocycles. The fraction of sp³-hybridized carbons (Fsp3) is 0.654. The van der Waals surface area contributed by atoms with Crippen molar-refractivity contribution in [3.63, 3.8) is 0 Å². The summed E-state index contributed by atoms with van der Waals surface area (Å²) in [5.74, 6) is 0.501. The van der Waals surface area contributed by atoms with Crippen molar-refractivity contribution in [2.24, 2.45) is 17.8 Å². The standard InChI is InChI=1S/C26H37ClO4/c1-2-7-17-14-20(15-17)26(31)19-12-10-18(11-13-19)25-21(22(27)16-23(25)28)8-5-3-4-6-9-24(29)30/h3,5,10-13,17,20-23,25-26,28,31H,2,4,6-9,14-16H2,1H3,(H,29,30)/b5-3-/t17?,20?,21-,22-,23+,25+,26?/m0/s1. The number of unbranched alkanes of at least 4 members (excludes halogenated alkanes) is 1. The van der Waals surface area contributed by atoms with Crippen molar-refractivity contribution < 1.29 is 20.1 Å². The third-order valence-corrected chi connectivity index (χ3v) is 7.72. The van der Waals surface area contributed by atoms with Crippen molar-refractivity contribution >= 4 is 17.6 Å². The Morgan fingerprint density at radius 1 is 1.19 bits per heavy atom. The molecule has 1 unspecified atom stereocenters. The second-order valence-electron chi connectivity index (χ2n) is 9.50. The molecule has 3 N–H and O–H groups in total. The van der Waals surface area contributed by atoms with Crippen molar-refractivity contribution in [3.8, 4) is 0 Å². The largest absolute Gasteiger partial charge is 0.481 e. The number of halogens is 1. The lowest BCUT2D eigenvalue weighted by atomic mass is 9.69. The van der Waals surface area contributed by atoms with Crippen LogP contribution in [0.15, 0.2) is 36.4 Å². The number of rotatable bonds is 11. The number of hydrogen-bond donors (Lipinski definition) is 3. The molecule has 0 radical (unpaired) electrons. The van der Waals surface area contributed by atoms with Crippen LogP contribution in [0.4, 0.5) is 0 Å². The van der Waals surface area contributed by atoms with Crippen LogP contribution in [0.2, 0.25) is 0 Å². The highest BCUT2D eigenvalue weighted by molar-refractivity contribution is 6.21. The lowest BCUT2D eigenvalue weighted by Crippen LogP contribution is -2.29. The summed E-state index contributed by atoms with van der Waals surface area (Å²) in [5, 5.41) is 30.0. The second kappa shape index (κ2) is 11.5. The summed E-state index contributed by atoms with van der Waals surface area (Å²) in [6.07, 6.45) is 10.9. The number of allylic oxidation sites excluding steroid dienone is 2. The molecule has 2 aliphatic rings. The van der Waals surface area contributed by atoms with Crippen LogP contribution in [0.3, 0.4) is 0 Å². The first-order chi connectivity index (χ1) is 14.9. The van der Waals surface area contributed by atoms with E-state index in [-0.39, 0.29) is 23.6 Å². The monoisotopic (exact) mass is 448 g/mol. The van der Waals surface area contributed by atoms with E-state index in [1.165, 1.54) is 12.8 Å². The van der Waals surface area contributed by atoms with E-state index in [0.717, 1.165) is 42.7 Å². The van der Waals surface area contributed by atoms with Gasteiger partial charge in [-0.2, -0.15) is 0 Å². The van der Waals surface area contributed by atoms with Crippen LogP contribution in [-0.2, 0) is 4.79 Å². The third-order valence-electron chi connectivity index (χ3n) is 7.22. The highest BCUT2D eigenvalue weighted by Gasteiger charge is 2.42. The van der Waals surface area contributed by atoms with Crippen molar-refractivity contribution in [2.75, 3.05) is 0 Å². The molecule has 0 bridgehead atoms. The molecule has 172 valence electrons. The quantitative estimate of drug-likeness (QED) is 0.226. The number of carboxylic acid groups (broad SMARTS) is 1. The average Bonchev–Trinajstić information content (AvgIpc) is 2.99. The molecule has 0 aromatic heterocycles. The smallest absolute Gasteiger partial charge is 0.303 e. The molecule has 3 rings (SSSR count). The van der Waals surface area contributed by atoms with Crippen molar-refractivity contribution in [1.29, 1.82) is 0 Å². The molecule has 0 spiro atoms. The molecular formula is C26H37ClO4. The van der Waals surface area contributed by atoms with Crippen LogP contribution >= 0.6 is 11.6 Å². The summed E-state index contributed by atoms with van der Waals surface area (Å²) in [5.41, 5.74) is 2.04. The zero-order valence-corrected chi connectivity index (χ0v) is 19.3. The Balaban J connectivity index is 1.57. The molecule has 0 heterocycles. The Bertz CT molecular complexity index is 725. The number of carboxylic acids is 1. The first-order valence-electron chi connectivity index (χ1n) is 11.9. The van der Waals surface area contributed by atoms with Crippen molar-refractivity contribution in [3.05, 3.63) is 47.5 Å². The minimum absolute atomic E-state index is 0.0185. The summed E-state index contributed by atoms with van der Waals surface area (Å²) < 4.78 is 0. The SMILES string of the molecule is CCCC1CC(C(O)c2ccc([C@@H]3[C@@H](C/C=C\CCCC(=O)O)[C@@H](Cl)C[C@H]3O)cc2)C1.